The van der Waals surface area contributed by atoms with Crippen molar-refractivity contribution < 1.29 is 19.1 Å². The van der Waals surface area contributed by atoms with Crippen LogP contribution in [0.15, 0.2) is 53.5 Å². The van der Waals surface area contributed by atoms with Gasteiger partial charge in [-0.05, 0) is 41.8 Å². The first-order valence-corrected chi connectivity index (χ1v) is 8.64. The summed E-state index contributed by atoms with van der Waals surface area (Å²) >= 11 is 0. The van der Waals surface area contributed by atoms with Crippen molar-refractivity contribution in [2.45, 2.75) is 6.42 Å². The first-order valence-electron chi connectivity index (χ1n) is 8.64. The molecular formula is C21H20N2O5. The molecule has 1 amide bonds. The number of amides is 1. The predicted octanol–water partition coefficient (Wildman–Crippen LogP) is 2.03. The van der Waals surface area contributed by atoms with Crippen molar-refractivity contribution in [1.82, 2.24) is 10.3 Å². The van der Waals surface area contributed by atoms with Gasteiger partial charge in [-0.25, -0.2) is 0 Å². The van der Waals surface area contributed by atoms with Gasteiger partial charge < -0.3 is 19.8 Å². The molecule has 3 aromatic rings. The minimum atomic E-state index is -0.630. The Labute approximate surface area is 161 Å². The number of hydrogen-bond donors (Lipinski definition) is 2. The molecule has 3 rings (SSSR count). The molecule has 7 nitrogen and oxygen atoms in total. The van der Waals surface area contributed by atoms with Crippen molar-refractivity contribution in [1.29, 1.82) is 0 Å². The van der Waals surface area contributed by atoms with Crippen LogP contribution in [0.2, 0.25) is 0 Å². The fourth-order valence-corrected chi connectivity index (χ4v) is 2.84. The van der Waals surface area contributed by atoms with E-state index in [4.69, 9.17) is 4.74 Å². The Bertz CT molecular complexity index is 1070. The zero-order valence-electron chi connectivity index (χ0n) is 15.6. The van der Waals surface area contributed by atoms with E-state index in [1.165, 1.54) is 13.3 Å². The number of pyridine rings is 1. The molecule has 0 saturated carbocycles. The van der Waals surface area contributed by atoms with Gasteiger partial charge >= 0.3 is 5.97 Å². The summed E-state index contributed by atoms with van der Waals surface area (Å²) in [4.78, 5) is 39.1. The molecule has 144 valence electrons. The highest BCUT2D eigenvalue weighted by Gasteiger charge is 2.14. The van der Waals surface area contributed by atoms with Gasteiger partial charge in [-0.1, -0.05) is 18.2 Å². The lowest BCUT2D eigenvalue weighted by Crippen LogP contribution is -2.33. The maximum absolute atomic E-state index is 12.8. The van der Waals surface area contributed by atoms with Gasteiger partial charge in [0.05, 0.1) is 14.2 Å². The van der Waals surface area contributed by atoms with Crippen molar-refractivity contribution in [3.8, 4) is 5.75 Å². The molecule has 0 atom stereocenters. The van der Waals surface area contributed by atoms with E-state index in [0.29, 0.717) is 17.3 Å². The summed E-state index contributed by atoms with van der Waals surface area (Å²) in [6.45, 7) is -0.301. The van der Waals surface area contributed by atoms with E-state index >= 15 is 0 Å². The number of nitrogens with one attached hydrogen (secondary N) is 2. The topological polar surface area (TPSA) is 97.5 Å². The number of hydrogen-bond acceptors (Lipinski definition) is 5. The van der Waals surface area contributed by atoms with Gasteiger partial charge in [-0.15, -0.1) is 0 Å². The summed E-state index contributed by atoms with van der Waals surface area (Å²) in [5.41, 5.74) is 2.19. The SMILES string of the molecule is COC(=O)CNC(=O)c1c[nH]c2ccc(Cc3ccc(OC)cc3)cc2c1=O. The second kappa shape index (κ2) is 8.39. The summed E-state index contributed by atoms with van der Waals surface area (Å²) in [5.74, 6) is -0.442. The zero-order valence-corrected chi connectivity index (χ0v) is 15.6. The third-order valence-electron chi connectivity index (χ3n) is 4.38. The standard InChI is InChI=1S/C21H20N2O5/c1-27-15-6-3-13(4-7-15)9-14-5-8-18-16(10-14)20(25)17(11-22-18)21(26)23-12-19(24)28-2/h3-8,10-11H,9,12H2,1-2H3,(H,22,25)(H,23,26). The highest BCUT2D eigenvalue weighted by Crippen LogP contribution is 2.17. The predicted molar refractivity (Wildman–Crippen MR) is 105 cm³/mol. The lowest BCUT2D eigenvalue weighted by Gasteiger charge is -2.07. The minimum Gasteiger partial charge on any atom is -0.497 e. The summed E-state index contributed by atoms with van der Waals surface area (Å²) in [7, 11) is 2.84. The van der Waals surface area contributed by atoms with Gasteiger partial charge in [-0.3, -0.25) is 14.4 Å². The number of aromatic amines is 1. The lowest BCUT2D eigenvalue weighted by atomic mass is 10.0. The van der Waals surface area contributed by atoms with Crippen molar-refractivity contribution in [2.75, 3.05) is 20.8 Å². The van der Waals surface area contributed by atoms with E-state index in [1.54, 1.807) is 13.2 Å². The number of methoxy groups -OCH3 is 2. The number of H-pyrrole nitrogens is 1. The van der Waals surface area contributed by atoms with Crippen LogP contribution in [0.4, 0.5) is 0 Å². The van der Waals surface area contributed by atoms with Gasteiger partial charge in [-0.2, -0.15) is 0 Å². The van der Waals surface area contributed by atoms with E-state index in [9.17, 15) is 14.4 Å². The summed E-state index contributed by atoms with van der Waals surface area (Å²) in [6.07, 6.45) is 1.98. The summed E-state index contributed by atoms with van der Waals surface area (Å²) in [6, 6.07) is 13.2. The first-order chi connectivity index (χ1) is 13.5. The largest absolute Gasteiger partial charge is 0.497 e. The van der Waals surface area contributed by atoms with Gasteiger partial charge in [0.1, 0.15) is 17.9 Å². The van der Waals surface area contributed by atoms with Crippen molar-refractivity contribution in [3.05, 3.63) is 75.6 Å². The Morgan fingerprint density at radius 3 is 2.43 bits per heavy atom. The Morgan fingerprint density at radius 2 is 1.75 bits per heavy atom. The molecule has 0 aliphatic rings. The highest BCUT2D eigenvalue weighted by atomic mass is 16.5. The average molecular weight is 380 g/mol. The molecule has 7 heteroatoms. The molecule has 1 aromatic heterocycles. The monoisotopic (exact) mass is 380 g/mol. The Hall–Kier alpha value is -3.61. The van der Waals surface area contributed by atoms with Crippen LogP contribution in [-0.2, 0) is 16.0 Å². The van der Waals surface area contributed by atoms with Gasteiger partial charge in [0, 0.05) is 17.1 Å². The number of benzene rings is 2. The third kappa shape index (κ3) is 4.20. The maximum Gasteiger partial charge on any atom is 0.325 e. The summed E-state index contributed by atoms with van der Waals surface area (Å²) < 4.78 is 9.63. The number of aromatic nitrogens is 1. The summed E-state index contributed by atoms with van der Waals surface area (Å²) in [5, 5.41) is 2.79. The zero-order chi connectivity index (χ0) is 20.1. The normalized spacial score (nSPS) is 10.5. The average Bonchev–Trinajstić information content (AvgIpc) is 2.73. The van der Waals surface area contributed by atoms with Gasteiger partial charge in [0.15, 0.2) is 0 Å². The minimum absolute atomic E-state index is 0.0574. The molecule has 0 fully saturated rings. The molecule has 2 N–H and O–H groups in total. The molecule has 0 unspecified atom stereocenters. The second-order valence-electron chi connectivity index (χ2n) is 6.20. The molecular weight excluding hydrogens is 360 g/mol. The third-order valence-corrected chi connectivity index (χ3v) is 4.38. The van der Waals surface area contributed by atoms with Gasteiger partial charge in [0.2, 0.25) is 5.43 Å². The van der Waals surface area contributed by atoms with Crippen LogP contribution in [0.3, 0.4) is 0 Å². The van der Waals surface area contributed by atoms with Crippen LogP contribution in [0.1, 0.15) is 21.5 Å². The first kappa shape index (κ1) is 19.2. The molecule has 1 heterocycles. The van der Waals surface area contributed by atoms with Crippen LogP contribution in [0.5, 0.6) is 5.75 Å². The number of rotatable bonds is 6. The second-order valence-corrected chi connectivity index (χ2v) is 6.20. The number of esters is 1. The molecule has 0 spiro atoms. The molecule has 28 heavy (non-hydrogen) atoms. The van der Waals surface area contributed by atoms with Crippen molar-refractivity contribution >= 4 is 22.8 Å². The quantitative estimate of drug-likeness (QED) is 0.638. The van der Waals surface area contributed by atoms with Crippen LogP contribution in [0, 0.1) is 0 Å². The fraction of sp³-hybridized carbons (Fsp3) is 0.190. The Balaban J connectivity index is 1.87. The highest BCUT2D eigenvalue weighted by molar-refractivity contribution is 5.98. The van der Waals surface area contributed by atoms with Crippen molar-refractivity contribution in [3.63, 3.8) is 0 Å². The maximum atomic E-state index is 12.8. The molecule has 0 bridgehead atoms. The molecule has 0 aliphatic carbocycles. The smallest absolute Gasteiger partial charge is 0.325 e. The molecule has 0 saturated heterocycles. The number of carbonyl (C=O) groups is 2. The van der Waals surface area contributed by atoms with Crippen LogP contribution in [-0.4, -0.2) is 37.6 Å². The number of carbonyl (C=O) groups excluding carboxylic acids is 2. The molecule has 0 radical (unpaired) electrons. The number of fused-ring (bicyclic) bond motifs is 1. The molecule has 2 aromatic carbocycles. The van der Waals surface area contributed by atoms with Crippen molar-refractivity contribution in [2.24, 2.45) is 0 Å². The van der Waals surface area contributed by atoms with E-state index in [1.807, 2.05) is 36.4 Å². The van der Waals surface area contributed by atoms with E-state index < -0.39 is 17.3 Å². The Kier molecular flexibility index (Phi) is 5.74. The fourth-order valence-electron chi connectivity index (χ4n) is 2.84. The van der Waals surface area contributed by atoms with E-state index in [0.717, 1.165) is 16.9 Å². The van der Waals surface area contributed by atoms with E-state index in [2.05, 4.69) is 15.0 Å². The van der Waals surface area contributed by atoms with Gasteiger partial charge in [0.25, 0.3) is 5.91 Å². The molecule has 0 aliphatic heterocycles. The number of ether oxygens (including phenoxy) is 2. The lowest BCUT2D eigenvalue weighted by molar-refractivity contribution is -0.139. The Morgan fingerprint density at radius 1 is 1.04 bits per heavy atom. The van der Waals surface area contributed by atoms with Crippen LogP contribution < -0.4 is 15.5 Å². The van der Waals surface area contributed by atoms with E-state index in [-0.39, 0.29) is 12.1 Å². The van der Waals surface area contributed by atoms with Crippen LogP contribution in [0.25, 0.3) is 10.9 Å². The van der Waals surface area contributed by atoms with Crippen LogP contribution >= 0.6 is 0 Å².